The first-order valence-electron chi connectivity index (χ1n) is 5.80. The van der Waals surface area contributed by atoms with Gasteiger partial charge in [-0.3, -0.25) is 9.69 Å². The van der Waals surface area contributed by atoms with Gasteiger partial charge in [-0.25, -0.2) is 0 Å². The van der Waals surface area contributed by atoms with Gasteiger partial charge >= 0.3 is 0 Å². The summed E-state index contributed by atoms with van der Waals surface area (Å²) in [5, 5.41) is 0. The number of allylic oxidation sites excluding steroid dienone is 1. The molecule has 2 nitrogen and oxygen atoms in total. The minimum atomic E-state index is 0.436. The first-order chi connectivity index (χ1) is 7.90. The van der Waals surface area contributed by atoms with E-state index in [4.69, 9.17) is 0 Å². The Bertz CT molecular complexity index is 358. The summed E-state index contributed by atoms with van der Waals surface area (Å²) in [7, 11) is 0. The molecule has 0 spiro atoms. The van der Waals surface area contributed by atoms with Gasteiger partial charge in [0.2, 0.25) is 0 Å². The molecule has 0 aliphatic carbocycles. The molecule has 1 aliphatic heterocycles. The van der Waals surface area contributed by atoms with Crippen molar-refractivity contribution in [3.8, 4) is 0 Å². The zero-order valence-corrected chi connectivity index (χ0v) is 9.38. The third-order valence-corrected chi connectivity index (χ3v) is 3.05. The van der Waals surface area contributed by atoms with E-state index in [9.17, 15) is 4.79 Å². The van der Waals surface area contributed by atoms with Gasteiger partial charge in [0.05, 0.1) is 0 Å². The van der Waals surface area contributed by atoms with Crippen LogP contribution < -0.4 is 0 Å². The minimum Gasteiger partial charge on any atom is -0.299 e. The fourth-order valence-corrected chi connectivity index (χ4v) is 2.26. The Labute approximate surface area is 96.6 Å². The Balaban J connectivity index is 1.98. The highest BCUT2D eigenvalue weighted by Gasteiger charge is 2.21. The molecule has 1 aliphatic rings. The highest BCUT2D eigenvalue weighted by Crippen LogP contribution is 2.20. The van der Waals surface area contributed by atoms with Crippen LogP contribution in [0.15, 0.2) is 42.5 Å². The van der Waals surface area contributed by atoms with Crippen molar-refractivity contribution in [2.75, 3.05) is 6.54 Å². The molecule has 0 bridgehead atoms. The maximum Gasteiger partial charge on any atom is 0.142 e. The molecule has 84 valence electrons. The number of rotatable bonds is 4. The summed E-state index contributed by atoms with van der Waals surface area (Å²) in [5.41, 5.74) is 1.34. The van der Waals surface area contributed by atoms with Crippen LogP contribution in [-0.4, -0.2) is 23.8 Å². The SMILES string of the molecule is O=C/C=C/C1CCCN1Cc1ccccc1. The number of aldehydes is 1. The Kier molecular flexibility index (Phi) is 3.89. The lowest BCUT2D eigenvalue weighted by Crippen LogP contribution is -2.27. The van der Waals surface area contributed by atoms with Crippen molar-refractivity contribution in [1.29, 1.82) is 0 Å². The van der Waals surface area contributed by atoms with Crippen molar-refractivity contribution in [2.24, 2.45) is 0 Å². The van der Waals surface area contributed by atoms with E-state index < -0.39 is 0 Å². The third-order valence-electron chi connectivity index (χ3n) is 3.05. The van der Waals surface area contributed by atoms with Gasteiger partial charge in [-0.1, -0.05) is 36.4 Å². The molecular weight excluding hydrogens is 198 g/mol. The summed E-state index contributed by atoms with van der Waals surface area (Å²) in [5.74, 6) is 0. The molecule has 1 aromatic rings. The van der Waals surface area contributed by atoms with E-state index in [0.29, 0.717) is 6.04 Å². The fraction of sp³-hybridized carbons (Fsp3) is 0.357. The molecule has 1 aromatic carbocycles. The predicted molar refractivity (Wildman–Crippen MR) is 65.1 cm³/mol. The fourth-order valence-electron chi connectivity index (χ4n) is 2.26. The highest BCUT2D eigenvalue weighted by atomic mass is 16.1. The number of carbonyl (C=O) groups excluding carboxylic acids is 1. The molecule has 0 amide bonds. The number of nitrogens with zero attached hydrogens (tertiary/aromatic N) is 1. The van der Waals surface area contributed by atoms with Gasteiger partial charge in [0, 0.05) is 12.6 Å². The lowest BCUT2D eigenvalue weighted by molar-refractivity contribution is -0.104. The van der Waals surface area contributed by atoms with Crippen LogP contribution in [0, 0.1) is 0 Å². The summed E-state index contributed by atoms with van der Waals surface area (Å²) < 4.78 is 0. The summed E-state index contributed by atoms with van der Waals surface area (Å²) in [6.45, 7) is 2.11. The average molecular weight is 215 g/mol. The molecule has 1 unspecified atom stereocenters. The Hall–Kier alpha value is -1.41. The Morgan fingerprint density at radius 2 is 2.12 bits per heavy atom. The second-order valence-electron chi connectivity index (χ2n) is 4.19. The van der Waals surface area contributed by atoms with Crippen LogP contribution in [0.4, 0.5) is 0 Å². The molecule has 2 heteroatoms. The van der Waals surface area contributed by atoms with Crippen molar-refractivity contribution in [2.45, 2.75) is 25.4 Å². The molecular formula is C14H17NO. The van der Waals surface area contributed by atoms with Gasteiger partial charge < -0.3 is 0 Å². The minimum absolute atomic E-state index is 0.436. The molecule has 0 N–H and O–H groups in total. The Morgan fingerprint density at radius 3 is 2.88 bits per heavy atom. The smallest absolute Gasteiger partial charge is 0.142 e. The van der Waals surface area contributed by atoms with Gasteiger partial charge in [0.15, 0.2) is 0 Å². The van der Waals surface area contributed by atoms with Crippen LogP contribution in [0.1, 0.15) is 18.4 Å². The lowest BCUT2D eigenvalue weighted by atomic mass is 10.1. The van der Waals surface area contributed by atoms with Gasteiger partial charge in [-0.2, -0.15) is 0 Å². The molecule has 1 heterocycles. The van der Waals surface area contributed by atoms with E-state index in [0.717, 1.165) is 25.8 Å². The van der Waals surface area contributed by atoms with Crippen LogP contribution in [-0.2, 0) is 11.3 Å². The van der Waals surface area contributed by atoms with E-state index >= 15 is 0 Å². The van der Waals surface area contributed by atoms with Crippen LogP contribution in [0.25, 0.3) is 0 Å². The maximum atomic E-state index is 10.3. The molecule has 16 heavy (non-hydrogen) atoms. The average Bonchev–Trinajstić information content (AvgIpc) is 2.75. The van der Waals surface area contributed by atoms with Gasteiger partial charge in [-0.05, 0) is 31.0 Å². The van der Waals surface area contributed by atoms with E-state index in [1.807, 2.05) is 12.1 Å². The van der Waals surface area contributed by atoms with E-state index in [2.05, 4.69) is 29.2 Å². The van der Waals surface area contributed by atoms with Gasteiger partial charge in [0.25, 0.3) is 0 Å². The Morgan fingerprint density at radius 1 is 1.31 bits per heavy atom. The summed E-state index contributed by atoms with van der Waals surface area (Å²) in [4.78, 5) is 12.7. The predicted octanol–water partition coefficient (Wildman–Crippen LogP) is 2.41. The van der Waals surface area contributed by atoms with Crippen molar-refractivity contribution >= 4 is 6.29 Å². The first kappa shape index (κ1) is 11.1. The highest BCUT2D eigenvalue weighted by molar-refractivity contribution is 5.64. The second kappa shape index (κ2) is 5.61. The quantitative estimate of drug-likeness (QED) is 0.568. The van der Waals surface area contributed by atoms with E-state index in [-0.39, 0.29) is 0 Å². The molecule has 1 fully saturated rings. The molecule has 0 saturated carbocycles. The first-order valence-corrected chi connectivity index (χ1v) is 5.80. The maximum absolute atomic E-state index is 10.3. The number of likely N-dealkylation sites (tertiary alicyclic amines) is 1. The van der Waals surface area contributed by atoms with Crippen molar-refractivity contribution < 1.29 is 4.79 Å². The molecule has 0 radical (unpaired) electrons. The molecule has 0 aromatic heterocycles. The third kappa shape index (κ3) is 2.80. The van der Waals surface area contributed by atoms with Gasteiger partial charge in [0.1, 0.15) is 6.29 Å². The largest absolute Gasteiger partial charge is 0.299 e. The molecule has 1 saturated heterocycles. The number of hydrogen-bond acceptors (Lipinski definition) is 2. The van der Waals surface area contributed by atoms with Crippen LogP contribution in [0.5, 0.6) is 0 Å². The van der Waals surface area contributed by atoms with Crippen molar-refractivity contribution in [3.63, 3.8) is 0 Å². The summed E-state index contributed by atoms with van der Waals surface area (Å²) >= 11 is 0. The number of carbonyl (C=O) groups is 1. The summed E-state index contributed by atoms with van der Waals surface area (Å²) in [6, 6.07) is 10.9. The molecule has 2 rings (SSSR count). The van der Waals surface area contributed by atoms with E-state index in [1.54, 1.807) is 6.08 Å². The zero-order chi connectivity index (χ0) is 11.2. The summed E-state index contributed by atoms with van der Waals surface area (Å²) in [6.07, 6.45) is 6.88. The van der Waals surface area contributed by atoms with Crippen LogP contribution in [0.3, 0.4) is 0 Å². The zero-order valence-electron chi connectivity index (χ0n) is 9.38. The lowest BCUT2D eigenvalue weighted by Gasteiger charge is -2.21. The topological polar surface area (TPSA) is 20.3 Å². The number of hydrogen-bond donors (Lipinski definition) is 0. The monoisotopic (exact) mass is 215 g/mol. The second-order valence-corrected chi connectivity index (χ2v) is 4.19. The van der Waals surface area contributed by atoms with E-state index in [1.165, 1.54) is 12.0 Å². The van der Waals surface area contributed by atoms with Crippen LogP contribution >= 0.6 is 0 Å². The normalized spacial score (nSPS) is 21.6. The van der Waals surface area contributed by atoms with Crippen molar-refractivity contribution in [3.05, 3.63) is 48.0 Å². The van der Waals surface area contributed by atoms with Gasteiger partial charge in [-0.15, -0.1) is 0 Å². The van der Waals surface area contributed by atoms with Crippen molar-refractivity contribution in [1.82, 2.24) is 4.90 Å². The van der Waals surface area contributed by atoms with Crippen LogP contribution in [0.2, 0.25) is 0 Å². The number of benzene rings is 1. The standard InChI is InChI=1S/C14H17NO/c16-11-5-9-14-8-4-10-15(14)12-13-6-2-1-3-7-13/h1-3,5-7,9,11,14H,4,8,10,12H2/b9-5+. The molecule has 1 atom stereocenters.